The van der Waals surface area contributed by atoms with Gasteiger partial charge in [0.1, 0.15) is 0 Å². The molecule has 0 aromatic heterocycles. The van der Waals surface area contributed by atoms with Crippen LogP contribution in [-0.2, 0) is 24.0 Å². The highest BCUT2D eigenvalue weighted by Gasteiger charge is 2.17. The lowest BCUT2D eigenvalue weighted by molar-refractivity contribution is -0.145. The quantitative estimate of drug-likeness (QED) is 0.202. The van der Waals surface area contributed by atoms with E-state index >= 15 is 0 Å². The van der Waals surface area contributed by atoms with E-state index in [1.807, 2.05) is 0 Å². The Kier molecular flexibility index (Phi) is 13.4. The number of nitrogens with zero attached hydrogens (tertiary/aromatic N) is 2. The van der Waals surface area contributed by atoms with Gasteiger partial charge >= 0.3 is 29.8 Å². The molecule has 0 atom stereocenters. The topological polar surface area (TPSA) is 219 Å². The molecule has 0 heterocycles. The summed E-state index contributed by atoms with van der Waals surface area (Å²) < 4.78 is 0. The summed E-state index contributed by atoms with van der Waals surface area (Å²) >= 11 is 0. The van der Waals surface area contributed by atoms with Gasteiger partial charge in [0.2, 0.25) is 0 Å². The van der Waals surface area contributed by atoms with Crippen LogP contribution in [0.25, 0.3) is 0 Å². The largest absolute Gasteiger partial charge is 0.480 e. The Morgan fingerprint density at radius 2 is 0.760 bits per heavy atom. The maximum atomic E-state index is 10.6. The van der Waals surface area contributed by atoms with Crippen LogP contribution >= 0.6 is 0 Å². The normalized spacial score (nSPS) is 10.0. The first kappa shape index (κ1) is 24.5. The van der Waals surface area contributed by atoms with Gasteiger partial charge in [-0.05, 0) is 0 Å². The molecule has 144 valence electrons. The molecule has 0 bridgehead atoms. The molecule has 13 nitrogen and oxygen atoms in total. The van der Waals surface area contributed by atoms with Crippen LogP contribution in [0.4, 0.5) is 0 Å². The van der Waals surface area contributed by atoms with Crippen LogP contribution in [0.3, 0.4) is 0 Å². The molecule has 0 saturated carbocycles. The zero-order chi connectivity index (χ0) is 20.0. The van der Waals surface area contributed by atoms with Crippen molar-refractivity contribution in [1.29, 1.82) is 0 Å². The smallest absolute Gasteiger partial charge is 0.317 e. The van der Waals surface area contributed by atoms with Crippen molar-refractivity contribution >= 4 is 29.8 Å². The summed E-state index contributed by atoms with van der Waals surface area (Å²) in [7, 11) is 0. The van der Waals surface area contributed by atoms with Gasteiger partial charge in [-0.1, -0.05) is 0 Å². The summed E-state index contributed by atoms with van der Waals surface area (Å²) in [5, 5.41) is 42.1. The lowest BCUT2D eigenvalue weighted by Gasteiger charge is -2.23. The fourth-order valence-electron chi connectivity index (χ4n) is 1.48. The summed E-state index contributed by atoms with van der Waals surface area (Å²) in [5.41, 5.74) is 4.57. The number of nitrogens with two attached hydrogens (primary N) is 1. The standard InChI is InChI=1S/C10H16N2O8.C2H5NO2/c13-7(14)3-11(4-8(15)16)1-2-12(5-9(17)18)6-10(19)20;3-1-2(4)5/h1-6H2,(H,13,14)(H,15,16)(H,17,18)(H,19,20);1,3H2,(H,4,5). The van der Waals surface area contributed by atoms with Crippen LogP contribution in [0.5, 0.6) is 0 Å². The Morgan fingerprint density at radius 3 is 0.880 bits per heavy atom. The first-order chi connectivity index (χ1) is 11.5. The maximum Gasteiger partial charge on any atom is 0.317 e. The number of rotatable bonds is 12. The molecule has 0 aliphatic heterocycles. The number of hydrogen-bond donors (Lipinski definition) is 6. The minimum absolute atomic E-state index is 0.0703. The van der Waals surface area contributed by atoms with E-state index in [4.69, 9.17) is 25.5 Å². The van der Waals surface area contributed by atoms with Gasteiger partial charge in [-0.3, -0.25) is 33.8 Å². The zero-order valence-electron chi connectivity index (χ0n) is 13.2. The van der Waals surface area contributed by atoms with E-state index < -0.39 is 56.0 Å². The zero-order valence-corrected chi connectivity index (χ0v) is 13.2. The highest BCUT2D eigenvalue weighted by atomic mass is 16.4. The van der Waals surface area contributed by atoms with Gasteiger partial charge < -0.3 is 31.3 Å². The van der Waals surface area contributed by atoms with Crippen molar-refractivity contribution in [1.82, 2.24) is 9.80 Å². The number of carboxylic acid groups (broad SMARTS) is 5. The number of carbonyl (C=O) groups is 5. The molecule has 0 aromatic carbocycles. The van der Waals surface area contributed by atoms with Crippen molar-refractivity contribution in [3.05, 3.63) is 0 Å². The first-order valence-corrected chi connectivity index (χ1v) is 6.71. The summed E-state index contributed by atoms with van der Waals surface area (Å²) in [4.78, 5) is 53.6. The Hall–Kier alpha value is -2.77. The molecule has 7 N–H and O–H groups in total. The monoisotopic (exact) mass is 367 g/mol. The van der Waals surface area contributed by atoms with Gasteiger partial charge in [0.05, 0.1) is 32.7 Å². The van der Waals surface area contributed by atoms with E-state index in [2.05, 4.69) is 5.73 Å². The summed E-state index contributed by atoms with van der Waals surface area (Å²) in [6.07, 6.45) is 0. The van der Waals surface area contributed by atoms with Gasteiger partial charge in [0.25, 0.3) is 0 Å². The molecular formula is C12H21N3O10. The van der Waals surface area contributed by atoms with Crippen molar-refractivity contribution in [3.8, 4) is 0 Å². The Balaban J connectivity index is 0. The van der Waals surface area contributed by atoms with Gasteiger partial charge in [0, 0.05) is 13.1 Å². The molecule has 0 rings (SSSR count). The molecule has 25 heavy (non-hydrogen) atoms. The lowest BCUT2D eigenvalue weighted by Crippen LogP contribution is -2.43. The van der Waals surface area contributed by atoms with E-state index in [0.29, 0.717) is 0 Å². The molecule has 0 aliphatic carbocycles. The third kappa shape index (κ3) is 19.2. The third-order valence-corrected chi connectivity index (χ3v) is 2.34. The Bertz CT molecular complexity index is 414. The van der Waals surface area contributed by atoms with E-state index in [9.17, 15) is 24.0 Å². The molecule has 0 radical (unpaired) electrons. The van der Waals surface area contributed by atoms with Crippen LogP contribution in [0.15, 0.2) is 0 Å². The fraction of sp³-hybridized carbons (Fsp3) is 0.583. The van der Waals surface area contributed by atoms with Crippen LogP contribution in [0.2, 0.25) is 0 Å². The number of hydrogen-bond acceptors (Lipinski definition) is 8. The second-order valence-corrected chi connectivity index (χ2v) is 4.59. The number of aliphatic carboxylic acids is 5. The second-order valence-electron chi connectivity index (χ2n) is 4.59. The van der Waals surface area contributed by atoms with Gasteiger partial charge in [-0.15, -0.1) is 0 Å². The maximum absolute atomic E-state index is 10.6. The van der Waals surface area contributed by atoms with Crippen molar-refractivity contribution < 1.29 is 49.5 Å². The Labute approximate surface area is 141 Å². The van der Waals surface area contributed by atoms with Crippen molar-refractivity contribution in [2.24, 2.45) is 5.73 Å². The predicted molar refractivity (Wildman–Crippen MR) is 80.1 cm³/mol. The van der Waals surface area contributed by atoms with Crippen molar-refractivity contribution in [2.45, 2.75) is 0 Å². The van der Waals surface area contributed by atoms with E-state index in [1.54, 1.807) is 0 Å². The van der Waals surface area contributed by atoms with Gasteiger partial charge in [-0.2, -0.15) is 0 Å². The van der Waals surface area contributed by atoms with Crippen LogP contribution < -0.4 is 5.73 Å². The average molecular weight is 367 g/mol. The average Bonchev–Trinajstić information content (AvgIpc) is 2.42. The van der Waals surface area contributed by atoms with Crippen LogP contribution in [-0.4, -0.2) is 111 Å². The molecular weight excluding hydrogens is 346 g/mol. The lowest BCUT2D eigenvalue weighted by atomic mass is 10.4. The fourth-order valence-corrected chi connectivity index (χ4v) is 1.48. The van der Waals surface area contributed by atoms with E-state index in [0.717, 1.165) is 9.80 Å². The van der Waals surface area contributed by atoms with Crippen LogP contribution in [0.1, 0.15) is 0 Å². The molecule has 0 aromatic rings. The summed E-state index contributed by atoms with van der Waals surface area (Å²) in [6, 6.07) is 0. The highest BCUT2D eigenvalue weighted by Crippen LogP contribution is 1.94. The van der Waals surface area contributed by atoms with Crippen molar-refractivity contribution in [2.75, 3.05) is 45.8 Å². The molecule has 0 spiro atoms. The van der Waals surface area contributed by atoms with Crippen molar-refractivity contribution in [3.63, 3.8) is 0 Å². The summed E-state index contributed by atoms with van der Waals surface area (Å²) in [5.74, 6) is -5.88. The van der Waals surface area contributed by atoms with Gasteiger partial charge in [-0.25, -0.2) is 0 Å². The molecule has 13 heteroatoms. The predicted octanol–water partition coefficient (Wildman–Crippen LogP) is -3.04. The molecule has 0 unspecified atom stereocenters. The SMILES string of the molecule is NCC(=O)O.O=C(O)CN(CCN(CC(=O)O)CC(=O)O)CC(=O)O. The first-order valence-electron chi connectivity index (χ1n) is 6.71. The minimum atomic E-state index is -1.23. The van der Waals surface area contributed by atoms with Gasteiger partial charge in [0.15, 0.2) is 0 Å². The summed E-state index contributed by atoms with van der Waals surface area (Å²) in [6.45, 7) is -2.53. The van der Waals surface area contributed by atoms with E-state index in [1.165, 1.54) is 0 Å². The minimum Gasteiger partial charge on any atom is -0.480 e. The third-order valence-electron chi connectivity index (χ3n) is 2.34. The van der Waals surface area contributed by atoms with Crippen LogP contribution in [0, 0.1) is 0 Å². The molecule has 0 saturated heterocycles. The van der Waals surface area contributed by atoms with E-state index in [-0.39, 0.29) is 19.6 Å². The second kappa shape index (κ2) is 13.6. The molecule has 0 fully saturated rings. The molecule has 0 aliphatic rings. The molecule has 0 amide bonds. The number of carboxylic acids is 5. The Morgan fingerprint density at radius 1 is 0.560 bits per heavy atom. The highest BCUT2D eigenvalue weighted by molar-refractivity contribution is 5.73.